The van der Waals surface area contributed by atoms with E-state index >= 15 is 0 Å². The molecule has 2 rings (SSSR count). The van der Waals surface area contributed by atoms with Crippen molar-refractivity contribution in [1.82, 2.24) is 4.90 Å². The Labute approximate surface area is 134 Å². The number of hydrogen-bond acceptors (Lipinski definition) is 2. The number of rotatable bonds is 8. The van der Waals surface area contributed by atoms with Gasteiger partial charge in [0.15, 0.2) is 0 Å². The number of benzene rings is 2. The van der Waals surface area contributed by atoms with Gasteiger partial charge < -0.3 is 4.90 Å². The highest BCUT2D eigenvalue weighted by Gasteiger charge is 2.10. The molecule has 0 N–H and O–H groups in total. The Hall–Kier alpha value is -2.11. The zero-order chi connectivity index (χ0) is 15.6. The van der Waals surface area contributed by atoms with Gasteiger partial charge in [0.25, 0.3) is 0 Å². The van der Waals surface area contributed by atoms with E-state index in [1.54, 1.807) is 0 Å². The molecule has 0 aliphatic heterocycles. The molecule has 2 aromatic carbocycles. The van der Waals surface area contributed by atoms with Crippen LogP contribution in [0.25, 0.3) is 0 Å². The van der Waals surface area contributed by atoms with E-state index in [4.69, 9.17) is 0 Å². The first kappa shape index (κ1) is 16.3. The lowest BCUT2D eigenvalue weighted by Gasteiger charge is -2.17. The van der Waals surface area contributed by atoms with Crippen molar-refractivity contribution in [2.24, 2.45) is 0 Å². The standard InChI is InChI=1S/C20H24N2/c1-22(16-14-18-9-4-2-5-10-18)15-8-13-20(17-21)19-11-6-3-7-12-19/h2-7,9-12,20H,8,13-16H2,1H3. The van der Waals surface area contributed by atoms with Crippen molar-refractivity contribution in [3.8, 4) is 6.07 Å². The van der Waals surface area contributed by atoms with Crippen molar-refractivity contribution in [2.75, 3.05) is 20.1 Å². The van der Waals surface area contributed by atoms with E-state index in [1.807, 2.05) is 30.3 Å². The maximum absolute atomic E-state index is 9.33. The van der Waals surface area contributed by atoms with E-state index in [2.05, 4.69) is 48.3 Å². The molecule has 0 radical (unpaired) electrons. The van der Waals surface area contributed by atoms with Crippen LogP contribution in [0.4, 0.5) is 0 Å². The van der Waals surface area contributed by atoms with Crippen molar-refractivity contribution >= 4 is 0 Å². The van der Waals surface area contributed by atoms with E-state index in [0.717, 1.165) is 37.9 Å². The Balaban J connectivity index is 1.70. The first-order valence-corrected chi connectivity index (χ1v) is 7.96. The number of nitrogens with zero attached hydrogens (tertiary/aromatic N) is 2. The molecule has 0 fully saturated rings. The van der Waals surface area contributed by atoms with E-state index in [-0.39, 0.29) is 5.92 Å². The average molecular weight is 292 g/mol. The van der Waals surface area contributed by atoms with Crippen molar-refractivity contribution < 1.29 is 0 Å². The normalized spacial score (nSPS) is 12.0. The predicted octanol–water partition coefficient (Wildman–Crippen LogP) is 4.25. The molecule has 0 amide bonds. The zero-order valence-electron chi connectivity index (χ0n) is 13.3. The first-order chi connectivity index (χ1) is 10.8. The summed E-state index contributed by atoms with van der Waals surface area (Å²) in [6.45, 7) is 2.10. The van der Waals surface area contributed by atoms with Crippen molar-refractivity contribution in [1.29, 1.82) is 5.26 Å². The maximum Gasteiger partial charge on any atom is 0.0713 e. The van der Waals surface area contributed by atoms with Crippen LogP contribution in [0.1, 0.15) is 29.9 Å². The van der Waals surface area contributed by atoms with Crippen LogP contribution in [0.2, 0.25) is 0 Å². The van der Waals surface area contributed by atoms with Gasteiger partial charge in [0, 0.05) is 6.54 Å². The molecule has 0 aliphatic carbocycles. The molecule has 0 spiro atoms. The van der Waals surface area contributed by atoms with E-state index in [0.29, 0.717) is 0 Å². The highest BCUT2D eigenvalue weighted by atomic mass is 15.1. The summed E-state index contributed by atoms with van der Waals surface area (Å²) in [6.07, 6.45) is 3.06. The minimum absolute atomic E-state index is 0.0173. The fourth-order valence-corrected chi connectivity index (χ4v) is 2.63. The minimum Gasteiger partial charge on any atom is -0.306 e. The molecule has 0 bridgehead atoms. The molecule has 0 heterocycles. The van der Waals surface area contributed by atoms with E-state index < -0.39 is 0 Å². The summed E-state index contributed by atoms with van der Waals surface area (Å²) in [5.74, 6) is 0.0173. The third-order valence-electron chi connectivity index (χ3n) is 4.02. The smallest absolute Gasteiger partial charge is 0.0713 e. The van der Waals surface area contributed by atoms with Crippen LogP contribution in [0, 0.1) is 11.3 Å². The van der Waals surface area contributed by atoms with Crippen LogP contribution in [0.3, 0.4) is 0 Å². The highest BCUT2D eigenvalue weighted by Crippen LogP contribution is 2.20. The second-order valence-electron chi connectivity index (χ2n) is 5.77. The fourth-order valence-electron chi connectivity index (χ4n) is 2.63. The predicted molar refractivity (Wildman–Crippen MR) is 91.7 cm³/mol. The average Bonchev–Trinajstić information content (AvgIpc) is 2.58. The SMILES string of the molecule is CN(CCCC(C#N)c1ccccc1)CCc1ccccc1. The van der Waals surface area contributed by atoms with Crippen LogP contribution in [0.15, 0.2) is 60.7 Å². The largest absolute Gasteiger partial charge is 0.306 e. The summed E-state index contributed by atoms with van der Waals surface area (Å²) < 4.78 is 0. The summed E-state index contributed by atoms with van der Waals surface area (Å²) in [7, 11) is 2.16. The summed E-state index contributed by atoms with van der Waals surface area (Å²) >= 11 is 0. The van der Waals surface area contributed by atoms with Crippen LogP contribution in [-0.4, -0.2) is 25.0 Å². The summed E-state index contributed by atoms with van der Waals surface area (Å²) in [5.41, 5.74) is 2.52. The topological polar surface area (TPSA) is 27.0 Å². The lowest BCUT2D eigenvalue weighted by Crippen LogP contribution is -2.22. The molecule has 2 heteroatoms. The minimum atomic E-state index is 0.0173. The van der Waals surface area contributed by atoms with Gasteiger partial charge in [-0.3, -0.25) is 0 Å². The molecule has 114 valence electrons. The van der Waals surface area contributed by atoms with Gasteiger partial charge in [0.1, 0.15) is 0 Å². The van der Waals surface area contributed by atoms with Gasteiger partial charge in [-0.05, 0) is 44.0 Å². The van der Waals surface area contributed by atoms with Gasteiger partial charge >= 0.3 is 0 Å². The van der Waals surface area contributed by atoms with E-state index in [1.165, 1.54) is 5.56 Å². The molecule has 2 aromatic rings. The number of hydrogen-bond donors (Lipinski definition) is 0. The summed E-state index contributed by atoms with van der Waals surface area (Å²) in [6, 6.07) is 23.1. The summed E-state index contributed by atoms with van der Waals surface area (Å²) in [5, 5.41) is 9.33. The van der Waals surface area contributed by atoms with E-state index in [9.17, 15) is 5.26 Å². The lowest BCUT2D eigenvalue weighted by molar-refractivity contribution is 0.328. The molecular formula is C20H24N2. The van der Waals surface area contributed by atoms with Crippen molar-refractivity contribution in [3.63, 3.8) is 0 Å². The van der Waals surface area contributed by atoms with Crippen LogP contribution < -0.4 is 0 Å². The molecule has 22 heavy (non-hydrogen) atoms. The molecule has 1 unspecified atom stereocenters. The second kappa shape index (κ2) is 9.02. The Morgan fingerprint density at radius 2 is 1.59 bits per heavy atom. The van der Waals surface area contributed by atoms with Gasteiger partial charge in [-0.2, -0.15) is 5.26 Å². The lowest BCUT2D eigenvalue weighted by atomic mass is 9.96. The zero-order valence-corrected chi connectivity index (χ0v) is 13.3. The van der Waals surface area contributed by atoms with Crippen LogP contribution in [0.5, 0.6) is 0 Å². The molecular weight excluding hydrogens is 268 g/mol. The highest BCUT2D eigenvalue weighted by molar-refractivity contribution is 5.24. The Morgan fingerprint density at radius 1 is 0.955 bits per heavy atom. The Bertz CT molecular complexity index is 572. The van der Waals surface area contributed by atoms with Crippen molar-refractivity contribution in [3.05, 3.63) is 71.8 Å². The molecule has 0 aromatic heterocycles. The quantitative estimate of drug-likeness (QED) is 0.727. The number of likely N-dealkylation sites (N-methyl/N-ethyl adjacent to an activating group) is 1. The van der Waals surface area contributed by atoms with Gasteiger partial charge in [-0.15, -0.1) is 0 Å². The van der Waals surface area contributed by atoms with Crippen LogP contribution >= 0.6 is 0 Å². The second-order valence-corrected chi connectivity index (χ2v) is 5.77. The van der Waals surface area contributed by atoms with Crippen molar-refractivity contribution in [2.45, 2.75) is 25.2 Å². The van der Waals surface area contributed by atoms with Crippen LogP contribution in [-0.2, 0) is 6.42 Å². The molecule has 0 saturated carbocycles. The third kappa shape index (κ3) is 5.35. The Kier molecular flexibility index (Phi) is 6.67. The first-order valence-electron chi connectivity index (χ1n) is 7.96. The maximum atomic E-state index is 9.33. The van der Waals surface area contributed by atoms with Gasteiger partial charge in [-0.1, -0.05) is 60.7 Å². The number of nitriles is 1. The van der Waals surface area contributed by atoms with Gasteiger partial charge in [0.2, 0.25) is 0 Å². The summed E-state index contributed by atoms with van der Waals surface area (Å²) in [4.78, 5) is 2.35. The van der Waals surface area contributed by atoms with Gasteiger partial charge in [-0.25, -0.2) is 0 Å². The monoisotopic (exact) mass is 292 g/mol. The molecule has 2 nitrogen and oxygen atoms in total. The molecule has 0 saturated heterocycles. The fraction of sp³-hybridized carbons (Fsp3) is 0.350. The molecule has 1 atom stereocenters. The third-order valence-corrected chi connectivity index (χ3v) is 4.02. The van der Waals surface area contributed by atoms with Gasteiger partial charge in [0.05, 0.1) is 12.0 Å². The Morgan fingerprint density at radius 3 is 2.23 bits per heavy atom. The molecule has 0 aliphatic rings.